The monoisotopic (exact) mass is 433 g/mol. The molecule has 0 aliphatic carbocycles. The predicted molar refractivity (Wildman–Crippen MR) is 107 cm³/mol. The number of rotatable bonds is 16. The molecule has 4 atom stereocenters. The molecular formula is C19H35N3O8. The Morgan fingerprint density at radius 1 is 0.633 bits per heavy atom. The van der Waals surface area contributed by atoms with Gasteiger partial charge in [0.05, 0.1) is 56.5 Å². The van der Waals surface area contributed by atoms with E-state index in [1.54, 1.807) is 28.1 Å². The van der Waals surface area contributed by atoms with Crippen molar-refractivity contribution in [3.63, 3.8) is 0 Å². The lowest BCUT2D eigenvalue weighted by atomic mass is 10.2. The number of hydrogen-bond donors (Lipinski definition) is 8. The first-order valence-electron chi connectivity index (χ1n) is 9.85. The Balaban J connectivity index is 2.77. The van der Waals surface area contributed by atoms with E-state index >= 15 is 0 Å². The molecule has 1 heterocycles. The van der Waals surface area contributed by atoms with E-state index in [1.807, 2.05) is 0 Å². The summed E-state index contributed by atoms with van der Waals surface area (Å²) in [6, 6.07) is 3.55. The lowest BCUT2D eigenvalue weighted by molar-refractivity contribution is 0.0196. The molecule has 0 aliphatic heterocycles. The smallest absolute Gasteiger partial charge is 0.0897 e. The molecule has 0 amide bonds. The number of aromatic nitrogens is 1. The van der Waals surface area contributed by atoms with Crippen LogP contribution < -0.4 is 0 Å². The molecule has 0 fully saturated rings. The van der Waals surface area contributed by atoms with Crippen molar-refractivity contribution in [1.82, 2.24) is 14.8 Å². The van der Waals surface area contributed by atoms with Crippen LogP contribution in [0.25, 0.3) is 0 Å². The van der Waals surface area contributed by atoms with Crippen LogP contribution in [-0.2, 0) is 13.1 Å². The maximum atomic E-state index is 9.69. The van der Waals surface area contributed by atoms with E-state index < -0.39 is 50.8 Å². The Bertz CT molecular complexity index is 492. The van der Waals surface area contributed by atoms with E-state index in [0.29, 0.717) is 12.2 Å². The first-order valence-corrected chi connectivity index (χ1v) is 9.85. The molecule has 0 saturated carbocycles. The standard InChI is InChI=1S/C19H35N3O8/c23-10-16(27)6-21(7-17(28)11-24)4-14-1-2-15(20-3-14)5-22(8-18(29)12-25)9-19(30)13-26/h1-3,16-19,23-30H,4-13H2. The van der Waals surface area contributed by atoms with E-state index in [0.717, 1.165) is 5.56 Å². The summed E-state index contributed by atoms with van der Waals surface area (Å²) in [7, 11) is 0. The summed E-state index contributed by atoms with van der Waals surface area (Å²) in [5.74, 6) is 0. The van der Waals surface area contributed by atoms with Gasteiger partial charge in [0, 0.05) is 45.5 Å². The fourth-order valence-electron chi connectivity index (χ4n) is 2.96. The fourth-order valence-corrected chi connectivity index (χ4v) is 2.96. The van der Waals surface area contributed by atoms with E-state index in [1.165, 1.54) is 0 Å². The van der Waals surface area contributed by atoms with Gasteiger partial charge < -0.3 is 40.9 Å². The van der Waals surface area contributed by atoms with Crippen molar-refractivity contribution in [1.29, 1.82) is 0 Å². The molecule has 0 aliphatic rings. The van der Waals surface area contributed by atoms with Crippen molar-refractivity contribution in [2.75, 3.05) is 52.6 Å². The SMILES string of the molecule is OCC(O)CN(Cc1ccc(CN(CC(O)CO)CC(O)CO)nc1)CC(O)CO. The molecule has 1 rings (SSSR count). The highest BCUT2D eigenvalue weighted by Gasteiger charge is 2.18. The van der Waals surface area contributed by atoms with Gasteiger partial charge in [-0.15, -0.1) is 0 Å². The normalized spacial score (nSPS) is 16.1. The number of pyridine rings is 1. The van der Waals surface area contributed by atoms with Crippen molar-refractivity contribution in [2.45, 2.75) is 37.5 Å². The molecule has 0 radical (unpaired) electrons. The Morgan fingerprint density at radius 3 is 1.37 bits per heavy atom. The number of aliphatic hydroxyl groups is 8. The summed E-state index contributed by atoms with van der Waals surface area (Å²) in [5.41, 5.74) is 1.43. The second-order valence-corrected chi connectivity index (χ2v) is 7.39. The van der Waals surface area contributed by atoms with Gasteiger partial charge in [-0.1, -0.05) is 6.07 Å². The summed E-state index contributed by atoms with van der Waals surface area (Å²) in [6.45, 7) is -0.646. The van der Waals surface area contributed by atoms with Crippen LogP contribution in [-0.4, -0.2) is 133 Å². The third kappa shape index (κ3) is 10.7. The zero-order valence-electron chi connectivity index (χ0n) is 17.0. The minimum Gasteiger partial charge on any atom is -0.394 e. The van der Waals surface area contributed by atoms with Crippen LogP contribution in [0, 0.1) is 0 Å². The van der Waals surface area contributed by atoms with E-state index in [2.05, 4.69) is 4.98 Å². The summed E-state index contributed by atoms with van der Waals surface area (Å²) >= 11 is 0. The number of aliphatic hydroxyl groups excluding tert-OH is 8. The second kappa shape index (κ2) is 14.7. The highest BCUT2D eigenvalue weighted by molar-refractivity contribution is 5.14. The van der Waals surface area contributed by atoms with E-state index in [-0.39, 0.29) is 32.7 Å². The van der Waals surface area contributed by atoms with Crippen LogP contribution in [0.5, 0.6) is 0 Å². The number of hydrogen-bond acceptors (Lipinski definition) is 11. The van der Waals surface area contributed by atoms with Gasteiger partial charge in [-0.2, -0.15) is 0 Å². The Hall–Kier alpha value is -1.25. The highest BCUT2D eigenvalue weighted by atomic mass is 16.3. The van der Waals surface area contributed by atoms with Crippen LogP contribution in [0.15, 0.2) is 18.3 Å². The second-order valence-electron chi connectivity index (χ2n) is 7.39. The summed E-state index contributed by atoms with van der Waals surface area (Å²) in [5, 5.41) is 74.9. The molecule has 1 aromatic rings. The van der Waals surface area contributed by atoms with Crippen molar-refractivity contribution < 1.29 is 40.9 Å². The minimum absolute atomic E-state index is 0.100. The molecule has 11 nitrogen and oxygen atoms in total. The van der Waals surface area contributed by atoms with Crippen LogP contribution in [0.4, 0.5) is 0 Å². The average Bonchev–Trinajstić information content (AvgIpc) is 2.74. The van der Waals surface area contributed by atoms with Crippen LogP contribution in [0.2, 0.25) is 0 Å². The van der Waals surface area contributed by atoms with Gasteiger partial charge in [0.1, 0.15) is 0 Å². The maximum Gasteiger partial charge on any atom is 0.0897 e. The fraction of sp³-hybridized carbons (Fsp3) is 0.737. The lowest BCUT2D eigenvalue weighted by Crippen LogP contribution is -2.40. The molecule has 174 valence electrons. The van der Waals surface area contributed by atoms with Gasteiger partial charge in [-0.3, -0.25) is 14.8 Å². The zero-order chi connectivity index (χ0) is 22.5. The third-order valence-electron chi connectivity index (χ3n) is 4.40. The molecule has 4 unspecified atom stereocenters. The molecule has 0 aromatic carbocycles. The molecule has 30 heavy (non-hydrogen) atoms. The highest BCUT2D eigenvalue weighted by Crippen LogP contribution is 2.10. The van der Waals surface area contributed by atoms with Crippen molar-refractivity contribution in [3.05, 3.63) is 29.6 Å². The van der Waals surface area contributed by atoms with Gasteiger partial charge in [-0.05, 0) is 11.6 Å². The van der Waals surface area contributed by atoms with Crippen LogP contribution in [0.1, 0.15) is 11.3 Å². The van der Waals surface area contributed by atoms with Gasteiger partial charge in [0.2, 0.25) is 0 Å². The number of nitrogens with zero attached hydrogens (tertiary/aromatic N) is 3. The maximum absolute atomic E-state index is 9.69. The van der Waals surface area contributed by atoms with Crippen LogP contribution in [0.3, 0.4) is 0 Å². The van der Waals surface area contributed by atoms with E-state index in [9.17, 15) is 20.4 Å². The van der Waals surface area contributed by atoms with Crippen LogP contribution >= 0.6 is 0 Å². The third-order valence-corrected chi connectivity index (χ3v) is 4.40. The van der Waals surface area contributed by atoms with Crippen molar-refractivity contribution >= 4 is 0 Å². The first-order chi connectivity index (χ1) is 14.3. The largest absolute Gasteiger partial charge is 0.394 e. The Morgan fingerprint density at radius 2 is 1.03 bits per heavy atom. The van der Waals surface area contributed by atoms with Crippen molar-refractivity contribution in [3.8, 4) is 0 Å². The van der Waals surface area contributed by atoms with Crippen molar-refractivity contribution in [2.24, 2.45) is 0 Å². The lowest BCUT2D eigenvalue weighted by Gasteiger charge is -2.27. The molecule has 0 spiro atoms. The molecule has 1 aromatic heterocycles. The molecule has 8 N–H and O–H groups in total. The molecule has 11 heteroatoms. The van der Waals surface area contributed by atoms with E-state index in [4.69, 9.17) is 20.4 Å². The zero-order valence-corrected chi connectivity index (χ0v) is 17.0. The minimum atomic E-state index is -0.986. The van der Waals surface area contributed by atoms with Gasteiger partial charge in [-0.25, -0.2) is 0 Å². The molecular weight excluding hydrogens is 398 g/mol. The van der Waals surface area contributed by atoms with Gasteiger partial charge in [0.25, 0.3) is 0 Å². The average molecular weight is 434 g/mol. The first kappa shape index (κ1) is 26.8. The molecule has 0 saturated heterocycles. The summed E-state index contributed by atoms with van der Waals surface area (Å²) in [4.78, 5) is 7.72. The predicted octanol–water partition coefficient (Wildman–Crippen LogP) is -3.90. The quantitative estimate of drug-likeness (QED) is 0.128. The Kier molecular flexibility index (Phi) is 13.1. The summed E-state index contributed by atoms with van der Waals surface area (Å²) < 4.78 is 0. The Labute approximate surface area is 176 Å². The van der Waals surface area contributed by atoms with Gasteiger partial charge in [0.15, 0.2) is 0 Å². The summed E-state index contributed by atoms with van der Waals surface area (Å²) in [6.07, 6.45) is -2.32. The van der Waals surface area contributed by atoms with Gasteiger partial charge >= 0.3 is 0 Å². The topological polar surface area (TPSA) is 181 Å². The molecule has 0 bridgehead atoms.